The van der Waals surface area contributed by atoms with Crippen molar-refractivity contribution in [3.8, 4) is 0 Å². The van der Waals surface area contributed by atoms with E-state index in [1.807, 2.05) is 25.1 Å². The van der Waals surface area contributed by atoms with Crippen LogP contribution in [0.2, 0.25) is 0 Å². The summed E-state index contributed by atoms with van der Waals surface area (Å²) >= 11 is 0. The van der Waals surface area contributed by atoms with E-state index in [1.54, 1.807) is 0 Å². The third-order valence-electron chi connectivity index (χ3n) is 3.32. The van der Waals surface area contributed by atoms with Crippen LogP contribution in [0.25, 0.3) is 0 Å². The van der Waals surface area contributed by atoms with Gasteiger partial charge in [-0.15, -0.1) is 0 Å². The molecule has 2 aliphatic rings. The number of allylic oxidation sites excluding steroid dienone is 2. The second-order valence-corrected chi connectivity index (χ2v) is 4.85. The van der Waals surface area contributed by atoms with Crippen LogP contribution >= 0.6 is 0 Å². The summed E-state index contributed by atoms with van der Waals surface area (Å²) in [4.78, 5) is 4.60. The Morgan fingerprint density at radius 3 is 2.94 bits per heavy atom. The number of rotatable bonds is 1. The van der Waals surface area contributed by atoms with Gasteiger partial charge in [-0.05, 0) is 43.7 Å². The Labute approximate surface area is 107 Å². The van der Waals surface area contributed by atoms with Crippen molar-refractivity contribution < 1.29 is 4.74 Å². The molecule has 1 heterocycles. The van der Waals surface area contributed by atoms with Gasteiger partial charge in [-0.2, -0.15) is 0 Å². The predicted molar refractivity (Wildman–Crippen MR) is 73.5 cm³/mol. The molecular formula is C15H16N2O. The van der Waals surface area contributed by atoms with Crippen molar-refractivity contribution in [3.63, 3.8) is 0 Å². The second kappa shape index (κ2) is 4.02. The van der Waals surface area contributed by atoms with Crippen LogP contribution in [0, 0.1) is 6.92 Å². The highest BCUT2D eigenvalue weighted by Crippen LogP contribution is 2.29. The lowest BCUT2D eigenvalue weighted by atomic mass is 10.0. The molecule has 0 fully saturated rings. The monoisotopic (exact) mass is 240 g/mol. The molecule has 3 nitrogen and oxygen atoms in total. The number of hydrogen-bond donors (Lipinski definition) is 1. The van der Waals surface area contributed by atoms with Gasteiger partial charge in [-0.1, -0.05) is 11.6 Å². The highest BCUT2D eigenvalue weighted by Gasteiger charge is 2.27. The first-order chi connectivity index (χ1) is 8.63. The first kappa shape index (κ1) is 11.1. The van der Waals surface area contributed by atoms with Crippen molar-refractivity contribution in [3.05, 3.63) is 52.7 Å². The lowest BCUT2D eigenvalue weighted by Crippen LogP contribution is -2.14. The summed E-state index contributed by atoms with van der Waals surface area (Å²) in [6.07, 6.45) is 5.26. The molecule has 2 N–H and O–H groups in total. The summed E-state index contributed by atoms with van der Waals surface area (Å²) in [7, 11) is 0. The maximum absolute atomic E-state index is 5.92. The normalized spacial score (nSPS) is 21.7. The number of aryl methyl sites for hydroxylation is 1. The molecule has 0 radical (unpaired) electrons. The van der Waals surface area contributed by atoms with Crippen LogP contribution in [-0.4, -0.2) is 12.0 Å². The number of fused-ring (bicyclic) bond motifs is 1. The van der Waals surface area contributed by atoms with Crippen molar-refractivity contribution in [1.29, 1.82) is 0 Å². The Kier molecular flexibility index (Phi) is 2.47. The van der Waals surface area contributed by atoms with Crippen LogP contribution in [0.3, 0.4) is 0 Å². The minimum Gasteiger partial charge on any atom is -0.467 e. The highest BCUT2D eigenvalue weighted by atomic mass is 16.5. The number of nitrogen functional groups attached to an aromatic ring is 1. The molecule has 1 aliphatic heterocycles. The maximum atomic E-state index is 5.92. The van der Waals surface area contributed by atoms with Crippen molar-refractivity contribution in [2.75, 3.05) is 5.73 Å². The van der Waals surface area contributed by atoms with E-state index in [1.165, 1.54) is 5.57 Å². The first-order valence-corrected chi connectivity index (χ1v) is 6.13. The van der Waals surface area contributed by atoms with Gasteiger partial charge in [0.1, 0.15) is 6.10 Å². The van der Waals surface area contributed by atoms with E-state index in [0.29, 0.717) is 5.90 Å². The van der Waals surface area contributed by atoms with Gasteiger partial charge in [-0.3, -0.25) is 0 Å². The largest absolute Gasteiger partial charge is 0.467 e. The Bertz CT molecular complexity index is 597. The molecule has 0 aromatic heterocycles. The van der Waals surface area contributed by atoms with E-state index in [0.717, 1.165) is 28.9 Å². The molecule has 0 spiro atoms. The standard InChI is InChI=1S/C15H16N2O/c1-9-3-6-14-13(7-9)17-15(18-14)12-5-4-11(16)8-10(12)2/h3-5,7-8,14H,6,16H2,1-2H3. The topological polar surface area (TPSA) is 47.6 Å². The zero-order valence-electron chi connectivity index (χ0n) is 10.6. The number of ether oxygens (including phenoxy) is 1. The molecule has 1 aliphatic carbocycles. The van der Waals surface area contributed by atoms with Gasteiger partial charge in [0.25, 0.3) is 0 Å². The quantitative estimate of drug-likeness (QED) is 0.767. The van der Waals surface area contributed by atoms with Crippen LogP contribution in [0.5, 0.6) is 0 Å². The molecule has 0 amide bonds. The van der Waals surface area contributed by atoms with E-state index < -0.39 is 0 Å². The molecule has 0 saturated carbocycles. The summed E-state index contributed by atoms with van der Waals surface area (Å²) < 4.78 is 5.92. The summed E-state index contributed by atoms with van der Waals surface area (Å²) in [6, 6.07) is 5.80. The lowest BCUT2D eigenvalue weighted by Gasteiger charge is -2.14. The smallest absolute Gasteiger partial charge is 0.222 e. The molecule has 3 rings (SSSR count). The number of nitrogens with two attached hydrogens (primary N) is 1. The van der Waals surface area contributed by atoms with Crippen molar-refractivity contribution in [1.82, 2.24) is 0 Å². The fourth-order valence-corrected chi connectivity index (χ4v) is 2.34. The molecule has 1 atom stereocenters. The second-order valence-electron chi connectivity index (χ2n) is 4.85. The minimum absolute atomic E-state index is 0.0839. The maximum Gasteiger partial charge on any atom is 0.222 e. The van der Waals surface area contributed by atoms with Gasteiger partial charge in [-0.25, -0.2) is 4.99 Å². The highest BCUT2D eigenvalue weighted by molar-refractivity contribution is 5.98. The predicted octanol–water partition coefficient (Wildman–Crippen LogP) is 2.96. The molecule has 1 aromatic carbocycles. The van der Waals surface area contributed by atoms with Crippen LogP contribution < -0.4 is 5.73 Å². The van der Waals surface area contributed by atoms with Gasteiger partial charge in [0.05, 0.1) is 5.70 Å². The SMILES string of the molecule is CC1=CCC2OC(c3ccc(N)cc3C)=NC2=C1. The molecule has 3 heteroatoms. The molecule has 0 saturated heterocycles. The van der Waals surface area contributed by atoms with E-state index >= 15 is 0 Å². The van der Waals surface area contributed by atoms with Crippen LogP contribution in [0.1, 0.15) is 24.5 Å². The zero-order valence-corrected chi connectivity index (χ0v) is 10.6. The van der Waals surface area contributed by atoms with Crippen molar-refractivity contribution in [2.45, 2.75) is 26.4 Å². The van der Waals surface area contributed by atoms with Gasteiger partial charge in [0.2, 0.25) is 5.90 Å². The van der Waals surface area contributed by atoms with Gasteiger partial charge in [0.15, 0.2) is 0 Å². The summed E-state index contributed by atoms with van der Waals surface area (Å²) in [5.74, 6) is 0.715. The minimum atomic E-state index is 0.0839. The lowest BCUT2D eigenvalue weighted by molar-refractivity contribution is 0.247. The first-order valence-electron chi connectivity index (χ1n) is 6.13. The van der Waals surface area contributed by atoms with E-state index in [-0.39, 0.29) is 6.10 Å². The Morgan fingerprint density at radius 1 is 1.33 bits per heavy atom. The number of aliphatic imine (C=N–C) groups is 1. The Balaban J connectivity index is 1.98. The summed E-state index contributed by atoms with van der Waals surface area (Å²) in [5, 5.41) is 0. The Morgan fingerprint density at radius 2 is 2.17 bits per heavy atom. The number of benzene rings is 1. The third-order valence-corrected chi connectivity index (χ3v) is 3.32. The zero-order chi connectivity index (χ0) is 12.7. The molecule has 1 unspecified atom stereocenters. The van der Waals surface area contributed by atoms with E-state index in [2.05, 4.69) is 24.1 Å². The van der Waals surface area contributed by atoms with Gasteiger partial charge in [0, 0.05) is 17.7 Å². The van der Waals surface area contributed by atoms with Crippen LogP contribution in [0.15, 0.2) is 46.6 Å². The molecule has 92 valence electrons. The fourth-order valence-electron chi connectivity index (χ4n) is 2.34. The molecule has 0 bridgehead atoms. The molecule has 18 heavy (non-hydrogen) atoms. The third kappa shape index (κ3) is 1.82. The van der Waals surface area contributed by atoms with Crippen LogP contribution in [0.4, 0.5) is 5.69 Å². The summed E-state index contributed by atoms with van der Waals surface area (Å²) in [5.41, 5.74) is 10.9. The van der Waals surface area contributed by atoms with Crippen molar-refractivity contribution >= 4 is 11.6 Å². The summed E-state index contributed by atoms with van der Waals surface area (Å²) in [6.45, 7) is 4.11. The molecular weight excluding hydrogens is 224 g/mol. The van der Waals surface area contributed by atoms with Gasteiger partial charge < -0.3 is 10.5 Å². The number of anilines is 1. The Hall–Kier alpha value is -2.03. The van der Waals surface area contributed by atoms with Gasteiger partial charge >= 0.3 is 0 Å². The van der Waals surface area contributed by atoms with E-state index in [4.69, 9.17) is 10.5 Å². The van der Waals surface area contributed by atoms with Crippen LogP contribution in [-0.2, 0) is 4.74 Å². The van der Waals surface area contributed by atoms with Crippen molar-refractivity contribution in [2.24, 2.45) is 4.99 Å². The molecule has 1 aromatic rings. The fraction of sp³-hybridized carbons (Fsp3) is 0.267. The average Bonchev–Trinajstić information content (AvgIpc) is 2.71. The number of nitrogens with zero attached hydrogens (tertiary/aromatic N) is 1. The average molecular weight is 240 g/mol. The number of hydrogen-bond acceptors (Lipinski definition) is 3. The van der Waals surface area contributed by atoms with E-state index in [9.17, 15) is 0 Å².